The van der Waals surface area contributed by atoms with E-state index >= 15 is 0 Å². The van der Waals surface area contributed by atoms with Gasteiger partial charge in [-0.3, -0.25) is 4.79 Å². The normalized spacial score (nSPS) is 17.6. The fourth-order valence-corrected chi connectivity index (χ4v) is 4.21. The van der Waals surface area contributed by atoms with Crippen molar-refractivity contribution in [3.05, 3.63) is 30.1 Å². The van der Waals surface area contributed by atoms with Crippen LogP contribution in [0.15, 0.2) is 29.3 Å². The molecule has 1 aliphatic carbocycles. The number of nitriles is 1. The molecule has 0 spiro atoms. The average Bonchev–Trinajstić information content (AvgIpc) is 2.62. The SMILES string of the molecule is Cc1nc(S[C@@H](C)C(=O)NC2(C#N)CCCCC2)c2ccccc2n1. The summed E-state index contributed by atoms with van der Waals surface area (Å²) >= 11 is 1.42. The van der Waals surface area contributed by atoms with Gasteiger partial charge in [0.05, 0.1) is 16.8 Å². The summed E-state index contributed by atoms with van der Waals surface area (Å²) in [5.41, 5.74) is 0.180. The number of carbonyl (C=O) groups is 1. The summed E-state index contributed by atoms with van der Waals surface area (Å²) in [6, 6.07) is 10.2. The summed E-state index contributed by atoms with van der Waals surface area (Å²) in [5, 5.41) is 14.0. The highest BCUT2D eigenvalue weighted by molar-refractivity contribution is 8.00. The van der Waals surface area contributed by atoms with Crippen molar-refractivity contribution < 1.29 is 4.79 Å². The van der Waals surface area contributed by atoms with E-state index < -0.39 is 5.54 Å². The lowest BCUT2D eigenvalue weighted by Gasteiger charge is -2.32. The Morgan fingerprint density at radius 3 is 2.72 bits per heavy atom. The summed E-state index contributed by atoms with van der Waals surface area (Å²) in [4.78, 5) is 21.6. The Morgan fingerprint density at radius 1 is 1.28 bits per heavy atom. The first-order chi connectivity index (χ1) is 12.0. The zero-order chi connectivity index (χ0) is 17.9. The third-order valence-corrected chi connectivity index (χ3v) is 5.72. The highest BCUT2D eigenvalue weighted by Crippen LogP contribution is 2.31. The summed E-state index contributed by atoms with van der Waals surface area (Å²) in [7, 11) is 0. The van der Waals surface area contributed by atoms with E-state index in [1.165, 1.54) is 11.8 Å². The Bertz CT molecular complexity index is 824. The van der Waals surface area contributed by atoms with Crippen molar-refractivity contribution in [2.75, 3.05) is 0 Å². The number of benzene rings is 1. The van der Waals surface area contributed by atoms with E-state index in [0.717, 1.165) is 48.0 Å². The van der Waals surface area contributed by atoms with Crippen LogP contribution in [0.1, 0.15) is 44.9 Å². The van der Waals surface area contributed by atoms with Crippen LogP contribution in [0.2, 0.25) is 0 Å². The average molecular weight is 354 g/mol. The van der Waals surface area contributed by atoms with Crippen LogP contribution in [0.3, 0.4) is 0 Å². The second kappa shape index (κ2) is 7.40. The fraction of sp³-hybridized carbons (Fsp3) is 0.474. The van der Waals surface area contributed by atoms with Crippen molar-refractivity contribution in [3.8, 4) is 6.07 Å². The molecule has 0 unspecified atom stereocenters. The smallest absolute Gasteiger partial charge is 0.234 e. The first kappa shape index (κ1) is 17.7. The molecule has 5 nitrogen and oxygen atoms in total. The number of para-hydroxylation sites is 1. The van der Waals surface area contributed by atoms with Crippen LogP contribution in [-0.2, 0) is 4.79 Å². The van der Waals surface area contributed by atoms with E-state index in [1.54, 1.807) is 0 Å². The standard InChI is InChI=1S/C19H22N4OS/c1-13(17(24)23-19(12-20)10-6-3-7-11-19)25-18-15-8-4-5-9-16(15)21-14(2)22-18/h4-5,8-9,13H,3,6-7,10-11H2,1-2H3,(H,23,24)/t13-/m0/s1. The Morgan fingerprint density at radius 2 is 2.00 bits per heavy atom. The lowest BCUT2D eigenvalue weighted by molar-refractivity contribution is -0.121. The Kier molecular flexibility index (Phi) is 5.24. The van der Waals surface area contributed by atoms with E-state index in [4.69, 9.17) is 0 Å². The molecule has 1 aromatic carbocycles. The molecule has 1 N–H and O–H groups in total. The molecule has 3 rings (SSSR count). The van der Waals surface area contributed by atoms with Crippen molar-refractivity contribution in [2.24, 2.45) is 0 Å². The second-order valence-corrected chi connectivity index (χ2v) is 7.93. The molecule has 0 saturated heterocycles. The molecule has 1 aromatic heterocycles. The number of nitrogens with zero attached hydrogens (tertiary/aromatic N) is 3. The number of amides is 1. The molecule has 0 bridgehead atoms. The highest BCUT2D eigenvalue weighted by Gasteiger charge is 2.35. The molecule has 1 atom stereocenters. The first-order valence-electron chi connectivity index (χ1n) is 8.66. The van der Waals surface area contributed by atoms with E-state index in [9.17, 15) is 10.1 Å². The van der Waals surface area contributed by atoms with Gasteiger partial charge >= 0.3 is 0 Å². The van der Waals surface area contributed by atoms with Crippen LogP contribution >= 0.6 is 11.8 Å². The molecule has 1 amide bonds. The van der Waals surface area contributed by atoms with Crippen LogP contribution in [-0.4, -0.2) is 26.7 Å². The molecule has 0 radical (unpaired) electrons. The number of hydrogen-bond donors (Lipinski definition) is 1. The highest BCUT2D eigenvalue weighted by atomic mass is 32.2. The van der Waals surface area contributed by atoms with Gasteiger partial charge in [-0.15, -0.1) is 0 Å². The van der Waals surface area contributed by atoms with E-state index in [0.29, 0.717) is 5.82 Å². The van der Waals surface area contributed by atoms with E-state index in [-0.39, 0.29) is 11.2 Å². The molecule has 0 aliphatic heterocycles. The summed E-state index contributed by atoms with van der Waals surface area (Å²) in [6.45, 7) is 3.72. The molecule has 25 heavy (non-hydrogen) atoms. The first-order valence-corrected chi connectivity index (χ1v) is 9.54. The van der Waals surface area contributed by atoms with Gasteiger partial charge in [0.2, 0.25) is 5.91 Å². The number of fused-ring (bicyclic) bond motifs is 1. The van der Waals surface area contributed by atoms with Crippen LogP contribution < -0.4 is 5.32 Å². The Hall–Kier alpha value is -2.13. The molecule has 1 fully saturated rings. The number of carbonyl (C=O) groups excluding carboxylic acids is 1. The third kappa shape index (κ3) is 3.93. The number of rotatable bonds is 4. The third-order valence-electron chi connectivity index (χ3n) is 4.62. The molecule has 1 aliphatic rings. The van der Waals surface area contributed by atoms with Crippen LogP contribution in [0, 0.1) is 18.3 Å². The predicted molar refractivity (Wildman–Crippen MR) is 99.2 cm³/mol. The van der Waals surface area contributed by atoms with Gasteiger partial charge in [-0.1, -0.05) is 49.2 Å². The van der Waals surface area contributed by atoms with Crippen LogP contribution in [0.25, 0.3) is 10.9 Å². The minimum Gasteiger partial charge on any atom is -0.337 e. The van der Waals surface area contributed by atoms with Crippen molar-refractivity contribution in [1.29, 1.82) is 5.26 Å². The second-order valence-electron chi connectivity index (χ2n) is 6.60. The number of nitrogens with one attached hydrogen (secondary N) is 1. The quantitative estimate of drug-likeness (QED) is 0.668. The van der Waals surface area contributed by atoms with Gasteiger partial charge < -0.3 is 5.32 Å². The predicted octanol–water partition coefficient (Wildman–Crippen LogP) is 3.76. The van der Waals surface area contributed by atoms with E-state index in [2.05, 4.69) is 21.4 Å². The summed E-state index contributed by atoms with van der Waals surface area (Å²) in [6.07, 6.45) is 4.59. The molecule has 130 valence electrons. The van der Waals surface area contributed by atoms with Crippen molar-refractivity contribution in [3.63, 3.8) is 0 Å². The summed E-state index contributed by atoms with van der Waals surface area (Å²) in [5.74, 6) is 0.586. The van der Waals surface area contributed by atoms with Crippen molar-refractivity contribution >= 4 is 28.6 Å². The van der Waals surface area contributed by atoms with Crippen LogP contribution in [0.4, 0.5) is 0 Å². The number of aryl methyl sites for hydroxylation is 1. The lowest BCUT2D eigenvalue weighted by Crippen LogP contribution is -2.50. The zero-order valence-corrected chi connectivity index (χ0v) is 15.4. The van der Waals surface area contributed by atoms with Gasteiger partial charge in [0, 0.05) is 5.39 Å². The van der Waals surface area contributed by atoms with Gasteiger partial charge in [-0.25, -0.2) is 9.97 Å². The zero-order valence-electron chi connectivity index (χ0n) is 14.6. The molecular formula is C19H22N4OS. The number of thioether (sulfide) groups is 1. The number of hydrogen-bond acceptors (Lipinski definition) is 5. The maximum atomic E-state index is 12.7. The maximum absolute atomic E-state index is 12.7. The molecule has 1 saturated carbocycles. The number of aromatic nitrogens is 2. The lowest BCUT2D eigenvalue weighted by atomic mass is 9.83. The molecular weight excluding hydrogens is 332 g/mol. The minimum atomic E-state index is -0.701. The maximum Gasteiger partial charge on any atom is 0.234 e. The molecule has 1 heterocycles. The van der Waals surface area contributed by atoms with Gasteiger partial charge in [-0.2, -0.15) is 5.26 Å². The Labute approximate surface area is 152 Å². The van der Waals surface area contributed by atoms with Gasteiger partial charge in [-0.05, 0) is 32.8 Å². The van der Waals surface area contributed by atoms with Crippen molar-refractivity contribution in [1.82, 2.24) is 15.3 Å². The van der Waals surface area contributed by atoms with Gasteiger partial charge in [0.1, 0.15) is 16.4 Å². The van der Waals surface area contributed by atoms with Crippen molar-refractivity contribution in [2.45, 2.75) is 61.8 Å². The molecule has 2 aromatic rings. The van der Waals surface area contributed by atoms with Crippen LogP contribution in [0.5, 0.6) is 0 Å². The van der Waals surface area contributed by atoms with Gasteiger partial charge in [0.25, 0.3) is 0 Å². The Balaban J connectivity index is 1.77. The largest absolute Gasteiger partial charge is 0.337 e. The summed E-state index contributed by atoms with van der Waals surface area (Å²) < 4.78 is 0. The fourth-order valence-electron chi connectivity index (χ4n) is 3.23. The van der Waals surface area contributed by atoms with Gasteiger partial charge in [0.15, 0.2) is 0 Å². The van der Waals surface area contributed by atoms with E-state index in [1.807, 2.05) is 38.1 Å². The monoisotopic (exact) mass is 354 g/mol. The minimum absolute atomic E-state index is 0.103. The topological polar surface area (TPSA) is 78.7 Å². The molecule has 6 heteroatoms.